The number of ether oxygens (including phenoxy) is 2. The lowest BCUT2D eigenvalue weighted by atomic mass is 9.96. The Morgan fingerprint density at radius 2 is 1.20 bits per heavy atom. The smallest absolute Gasteiger partial charge is 0.407 e. The van der Waals surface area contributed by atoms with Crippen molar-refractivity contribution in [3.05, 3.63) is 144 Å². The Balaban J connectivity index is 0.000000254. The third-order valence-corrected chi connectivity index (χ3v) is 7.04. The van der Waals surface area contributed by atoms with E-state index in [2.05, 4.69) is 5.32 Å². The third-order valence-electron chi connectivity index (χ3n) is 7.04. The molecule has 0 spiro atoms. The molecule has 4 aromatic carbocycles. The van der Waals surface area contributed by atoms with E-state index in [1.165, 1.54) is 14.2 Å². The van der Waals surface area contributed by atoms with Crippen molar-refractivity contribution in [3.8, 4) is 0 Å². The number of hydroxylamine groups is 2. The van der Waals surface area contributed by atoms with E-state index in [4.69, 9.17) is 14.3 Å². The summed E-state index contributed by atoms with van der Waals surface area (Å²) >= 11 is 0. The van der Waals surface area contributed by atoms with Crippen LogP contribution in [0.5, 0.6) is 0 Å². The van der Waals surface area contributed by atoms with Crippen molar-refractivity contribution < 1.29 is 33.5 Å². The van der Waals surface area contributed by atoms with Gasteiger partial charge >= 0.3 is 12.1 Å². The first kappa shape index (κ1) is 35.2. The van der Waals surface area contributed by atoms with Crippen LogP contribution in [0.4, 0.5) is 4.79 Å². The first-order valence-electron chi connectivity index (χ1n) is 14.9. The first-order valence-corrected chi connectivity index (χ1v) is 14.9. The molecular formula is C37H40N2O7. The van der Waals surface area contributed by atoms with Gasteiger partial charge in [-0.3, -0.25) is 14.4 Å². The lowest BCUT2D eigenvalue weighted by molar-refractivity contribution is -0.170. The Kier molecular flexibility index (Phi) is 15.2. The second-order valence-corrected chi connectivity index (χ2v) is 10.3. The normalized spacial score (nSPS) is 11.5. The Labute approximate surface area is 270 Å². The van der Waals surface area contributed by atoms with Gasteiger partial charge in [-0.15, -0.1) is 0 Å². The average Bonchev–Trinajstić information content (AvgIpc) is 3.11. The fourth-order valence-corrected chi connectivity index (χ4v) is 4.40. The maximum absolute atomic E-state index is 12.5. The minimum absolute atomic E-state index is 0.115. The SMILES string of the molecule is CON(C)C(=O)C(CNC(=O)OCc1ccccc1)c1ccccc1.O=CC(CCC(=O)OCc1ccccc1)c1ccccc1. The lowest BCUT2D eigenvalue weighted by Gasteiger charge is -2.22. The Hall–Kier alpha value is -5.28. The molecule has 2 unspecified atom stereocenters. The molecule has 0 aliphatic rings. The number of aldehydes is 1. The topological polar surface area (TPSA) is 111 Å². The van der Waals surface area contributed by atoms with Gasteiger partial charge in [0.1, 0.15) is 19.5 Å². The molecule has 0 saturated heterocycles. The van der Waals surface area contributed by atoms with Crippen molar-refractivity contribution in [2.45, 2.75) is 37.9 Å². The van der Waals surface area contributed by atoms with Gasteiger partial charge in [0, 0.05) is 25.9 Å². The summed E-state index contributed by atoms with van der Waals surface area (Å²) in [4.78, 5) is 52.2. The largest absolute Gasteiger partial charge is 0.461 e. The number of amides is 2. The van der Waals surface area contributed by atoms with E-state index >= 15 is 0 Å². The fourth-order valence-electron chi connectivity index (χ4n) is 4.40. The number of rotatable bonds is 14. The Morgan fingerprint density at radius 1 is 0.717 bits per heavy atom. The van der Waals surface area contributed by atoms with Crippen LogP contribution in [0.25, 0.3) is 0 Å². The molecule has 9 nitrogen and oxygen atoms in total. The van der Waals surface area contributed by atoms with Crippen LogP contribution in [0.2, 0.25) is 0 Å². The molecule has 4 rings (SSSR count). The fraction of sp³-hybridized carbons (Fsp3) is 0.243. The van der Waals surface area contributed by atoms with E-state index in [0.717, 1.165) is 33.6 Å². The summed E-state index contributed by atoms with van der Waals surface area (Å²) in [5.74, 6) is -1.34. The van der Waals surface area contributed by atoms with Crippen molar-refractivity contribution in [2.24, 2.45) is 0 Å². The van der Waals surface area contributed by atoms with Crippen molar-refractivity contribution in [1.82, 2.24) is 10.4 Å². The number of likely N-dealkylation sites (N-methyl/N-ethyl adjacent to an activating group) is 1. The summed E-state index contributed by atoms with van der Waals surface area (Å²) in [5, 5.41) is 3.79. The predicted molar refractivity (Wildman–Crippen MR) is 174 cm³/mol. The number of nitrogens with one attached hydrogen (secondary N) is 1. The molecule has 0 heterocycles. The number of carbonyl (C=O) groups excluding carboxylic acids is 4. The van der Waals surface area contributed by atoms with Gasteiger partial charge in [-0.25, -0.2) is 9.86 Å². The molecule has 1 N–H and O–H groups in total. The number of hydrogen-bond donors (Lipinski definition) is 1. The van der Waals surface area contributed by atoms with Gasteiger partial charge in [-0.2, -0.15) is 0 Å². The summed E-state index contributed by atoms with van der Waals surface area (Å²) < 4.78 is 10.4. The number of benzene rings is 4. The Morgan fingerprint density at radius 3 is 1.70 bits per heavy atom. The average molecular weight is 625 g/mol. The molecule has 4 aromatic rings. The molecule has 0 saturated carbocycles. The van der Waals surface area contributed by atoms with Gasteiger partial charge in [0.15, 0.2) is 0 Å². The highest BCUT2D eigenvalue weighted by Gasteiger charge is 2.25. The zero-order valence-electron chi connectivity index (χ0n) is 26.1. The van der Waals surface area contributed by atoms with Crippen LogP contribution in [0.1, 0.15) is 46.9 Å². The molecule has 2 amide bonds. The van der Waals surface area contributed by atoms with E-state index < -0.39 is 12.0 Å². The van der Waals surface area contributed by atoms with Crippen LogP contribution in [0.3, 0.4) is 0 Å². The van der Waals surface area contributed by atoms with Crippen molar-refractivity contribution in [1.29, 1.82) is 0 Å². The van der Waals surface area contributed by atoms with Crippen molar-refractivity contribution in [2.75, 3.05) is 20.7 Å². The summed E-state index contributed by atoms with van der Waals surface area (Å²) in [7, 11) is 2.95. The molecule has 46 heavy (non-hydrogen) atoms. The number of nitrogens with zero attached hydrogens (tertiary/aromatic N) is 1. The lowest BCUT2D eigenvalue weighted by Crippen LogP contribution is -2.38. The molecule has 240 valence electrons. The number of hydrogen-bond acceptors (Lipinski definition) is 7. The minimum Gasteiger partial charge on any atom is -0.461 e. The molecule has 0 aliphatic carbocycles. The van der Waals surface area contributed by atoms with Gasteiger partial charge in [0.25, 0.3) is 5.91 Å². The van der Waals surface area contributed by atoms with E-state index in [-0.39, 0.29) is 44.0 Å². The number of carbonyl (C=O) groups is 4. The third kappa shape index (κ3) is 12.4. The molecule has 0 fully saturated rings. The molecule has 0 aromatic heterocycles. The Bertz CT molecular complexity index is 1470. The van der Waals surface area contributed by atoms with E-state index in [9.17, 15) is 19.2 Å². The molecule has 0 radical (unpaired) electrons. The van der Waals surface area contributed by atoms with E-state index in [1.807, 2.05) is 121 Å². The molecule has 9 heteroatoms. The molecule has 2 atom stereocenters. The zero-order chi connectivity index (χ0) is 33.0. The number of alkyl carbamates (subject to hydrolysis) is 1. The van der Waals surface area contributed by atoms with Crippen LogP contribution in [-0.4, -0.2) is 50.0 Å². The maximum Gasteiger partial charge on any atom is 0.407 e. The van der Waals surface area contributed by atoms with E-state index in [1.54, 1.807) is 0 Å². The van der Waals surface area contributed by atoms with Crippen LogP contribution >= 0.6 is 0 Å². The quantitative estimate of drug-likeness (QED) is 0.101. The second kappa shape index (κ2) is 19.9. The summed E-state index contributed by atoms with van der Waals surface area (Å²) in [5.41, 5.74) is 3.58. The van der Waals surface area contributed by atoms with Gasteiger partial charge in [0.05, 0.1) is 13.0 Å². The van der Waals surface area contributed by atoms with Crippen LogP contribution in [-0.2, 0) is 41.9 Å². The van der Waals surface area contributed by atoms with Crippen molar-refractivity contribution in [3.63, 3.8) is 0 Å². The minimum atomic E-state index is -0.572. The second-order valence-electron chi connectivity index (χ2n) is 10.3. The monoisotopic (exact) mass is 624 g/mol. The van der Waals surface area contributed by atoms with Crippen LogP contribution < -0.4 is 5.32 Å². The maximum atomic E-state index is 12.5. The molecule has 0 bridgehead atoms. The molecule has 0 aliphatic heterocycles. The van der Waals surface area contributed by atoms with Gasteiger partial charge in [0.2, 0.25) is 0 Å². The van der Waals surface area contributed by atoms with Crippen molar-refractivity contribution >= 4 is 24.3 Å². The zero-order valence-corrected chi connectivity index (χ0v) is 26.1. The summed E-state index contributed by atoms with van der Waals surface area (Å²) in [6.07, 6.45) is 1.03. The van der Waals surface area contributed by atoms with Gasteiger partial charge < -0.3 is 19.6 Å². The summed E-state index contributed by atoms with van der Waals surface area (Å²) in [6.45, 7) is 0.565. The number of esters is 1. The van der Waals surface area contributed by atoms with Crippen LogP contribution in [0.15, 0.2) is 121 Å². The highest BCUT2D eigenvalue weighted by Crippen LogP contribution is 2.20. The molecular weight excluding hydrogens is 584 g/mol. The standard InChI is InChI=1S/C19H22N2O4.C18H18O3/c1-21(24-2)18(22)17(16-11-7-4-8-12-16)13-20-19(23)25-14-15-9-5-3-6-10-15;19-13-17(16-9-5-2-6-10-16)11-12-18(20)21-14-15-7-3-1-4-8-15/h3-12,17H,13-14H2,1-2H3,(H,20,23);1-10,13,17H,11-12,14H2. The highest BCUT2D eigenvalue weighted by atomic mass is 16.7. The van der Waals surface area contributed by atoms with Gasteiger partial charge in [-0.05, 0) is 28.7 Å². The van der Waals surface area contributed by atoms with Crippen LogP contribution in [0, 0.1) is 0 Å². The predicted octanol–water partition coefficient (Wildman–Crippen LogP) is 6.21. The first-order chi connectivity index (χ1) is 22.4. The van der Waals surface area contributed by atoms with E-state index in [0.29, 0.717) is 6.42 Å². The highest BCUT2D eigenvalue weighted by molar-refractivity contribution is 5.83. The van der Waals surface area contributed by atoms with Gasteiger partial charge in [-0.1, -0.05) is 121 Å². The summed E-state index contributed by atoms with van der Waals surface area (Å²) in [6, 6.07) is 37.6.